The SMILES string of the molecule is CCCNCc1coc(-c2cccc(F)c2F)n1. The molecule has 5 heteroatoms. The predicted molar refractivity (Wildman–Crippen MR) is 63.9 cm³/mol. The van der Waals surface area contributed by atoms with E-state index in [1.807, 2.05) is 0 Å². The van der Waals surface area contributed by atoms with Gasteiger partial charge in [0.15, 0.2) is 11.6 Å². The van der Waals surface area contributed by atoms with Gasteiger partial charge in [0.25, 0.3) is 0 Å². The smallest absolute Gasteiger partial charge is 0.229 e. The molecule has 0 amide bonds. The average molecular weight is 252 g/mol. The number of benzene rings is 1. The Kier molecular flexibility index (Phi) is 4.04. The highest BCUT2D eigenvalue weighted by atomic mass is 19.2. The van der Waals surface area contributed by atoms with Crippen LogP contribution in [0.2, 0.25) is 0 Å². The molecular weight excluding hydrogens is 238 g/mol. The summed E-state index contributed by atoms with van der Waals surface area (Å²) < 4.78 is 31.7. The highest BCUT2D eigenvalue weighted by Gasteiger charge is 2.14. The molecule has 0 unspecified atom stereocenters. The van der Waals surface area contributed by atoms with Crippen LogP contribution in [0.5, 0.6) is 0 Å². The maximum Gasteiger partial charge on any atom is 0.229 e. The molecule has 0 saturated carbocycles. The van der Waals surface area contributed by atoms with Crippen LogP contribution >= 0.6 is 0 Å². The van der Waals surface area contributed by atoms with Gasteiger partial charge in [0.1, 0.15) is 6.26 Å². The summed E-state index contributed by atoms with van der Waals surface area (Å²) in [6, 6.07) is 3.92. The van der Waals surface area contributed by atoms with Crippen LogP contribution in [-0.4, -0.2) is 11.5 Å². The second-order valence-corrected chi connectivity index (χ2v) is 3.92. The van der Waals surface area contributed by atoms with Crippen LogP contribution in [-0.2, 0) is 6.54 Å². The van der Waals surface area contributed by atoms with Gasteiger partial charge in [-0.1, -0.05) is 13.0 Å². The van der Waals surface area contributed by atoms with Crippen LogP contribution in [0.4, 0.5) is 8.78 Å². The summed E-state index contributed by atoms with van der Waals surface area (Å²) in [4.78, 5) is 4.12. The molecule has 0 aliphatic rings. The third-order valence-electron chi connectivity index (χ3n) is 2.47. The Hall–Kier alpha value is -1.75. The Morgan fingerprint density at radius 3 is 2.94 bits per heavy atom. The van der Waals surface area contributed by atoms with E-state index in [2.05, 4.69) is 17.2 Å². The first-order valence-electron chi connectivity index (χ1n) is 5.82. The van der Waals surface area contributed by atoms with Gasteiger partial charge in [0.2, 0.25) is 5.89 Å². The number of nitrogens with one attached hydrogen (secondary N) is 1. The Balaban J connectivity index is 2.16. The first kappa shape index (κ1) is 12.7. The Labute approximate surface area is 104 Å². The Morgan fingerprint density at radius 2 is 2.17 bits per heavy atom. The van der Waals surface area contributed by atoms with E-state index in [-0.39, 0.29) is 11.5 Å². The van der Waals surface area contributed by atoms with Crippen molar-refractivity contribution in [1.29, 1.82) is 0 Å². The van der Waals surface area contributed by atoms with Gasteiger partial charge in [-0.2, -0.15) is 0 Å². The van der Waals surface area contributed by atoms with E-state index >= 15 is 0 Å². The summed E-state index contributed by atoms with van der Waals surface area (Å²) in [7, 11) is 0. The first-order chi connectivity index (χ1) is 8.72. The number of hydrogen-bond acceptors (Lipinski definition) is 3. The number of aromatic nitrogens is 1. The van der Waals surface area contributed by atoms with Crippen molar-refractivity contribution in [2.45, 2.75) is 19.9 Å². The molecule has 1 N–H and O–H groups in total. The molecule has 2 rings (SSSR count). The maximum absolute atomic E-state index is 13.5. The molecule has 1 heterocycles. The number of oxazole rings is 1. The van der Waals surface area contributed by atoms with Crippen LogP contribution < -0.4 is 5.32 Å². The van der Waals surface area contributed by atoms with Crippen LogP contribution in [0.25, 0.3) is 11.5 Å². The fourth-order valence-corrected chi connectivity index (χ4v) is 1.57. The third kappa shape index (κ3) is 2.73. The zero-order valence-corrected chi connectivity index (χ0v) is 10.0. The monoisotopic (exact) mass is 252 g/mol. The van der Waals surface area contributed by atoms with Crippen LogP contribution in [0.15, 0.2) is 28.9 Å². The summed E-state index contributed by atoms with van der Waals surface area (Å²) in [5.74, 6) is -1.75. The fourth-order valence-electron chi connectivity index (χ4n) is 1.57. The standard InChI is InChI=1S/C13H14F2N2O/c1-2-6-16-7-9-8-18-13(17-9)10-4-3-5-11(14)12(10)15/h3-5,8,16H,2,6-7H2,1H3. The molecule has 3 nitrogen and oxygen atoms in total. The van der Waals surface area contributed by atoms with Gasteiger partial charge in [-0.05, 0) is 25.1 Å². The second kappa shape index (κ2) is 5.73. The van der Waals surface area contributed by atoms with Crippen molar-refractivity contribution in [3.8, 4) is 11.5 Å². The largest absolute Gasteiger partial charge is 0.444 e. The van der Waals surface area contributed by atoms with Crippen molar-refractivity contribution in [2.24, 2.45) is 0 Å². The summed E-state index contributed by atoms with van der Waals surface area (Å²) in [5.41, 5.74) is 0.707. The number of nitrogens with zero attached hydrogens (tertiary/aromatic N) is 1. The van der Waals surface area contributed by atoms with Crippen LogP contribution in [0.1, 0.15) is 19.0 Å². The molecule has 0 aliphatic carbocycles. The number of hydrogen-bond donors (Lipinski definition) is 1. The highest BCUT2D eigenvalue weighted by Crippen LogP contribution is 2.23. The van der Waals surface area contributed by atoms with E-state index in [0.29, 0.717) is 12.2 Å². The molecular formula is C13H14F2N2O. The van der Waals surface area contributed by atoms with Crippen LogP contribution in [0.3, 0.4) is 0 Å². The van der Waals surface area contributed by atoms with Gasteiger partial charge in [0.05, 0.1) is 11.3 Å². The molecule has 0 radical (unpaired) electrons. The molecule has 96 valence electrons. The highest BCUT2D eigenvalue weighted by molar-refractivity contribution is 5.54. The minimum absolute atomic E-state index is 0.0386. The maximum atomic E-state index is 13.5. The third-order valence-corrected chi connectivity index (χ3v) is 2.47. The summed E-state index contributed by atoms with van der Waals surface area (Å²) in [6.07, 6.45) is 2.46. The number of halogens is 2. The van der Waals surface area contributed by atoms with Gasteiger partial charge >= 0.3 is 0 Å². The molecule has 0 atom stereocenters. The molecule has 0 fully saturated rings. The Bertz CT molecular complexity index is 525. The summed E-state index contributed by atoms with van der Waals surface area (Å²) in [5, 5.41) is 3.15. The topological polar surface area (TPSA) is 38.1 Å². The lowest BCUT2D eigenvalue weighted by atomic mass is 10.2. The molecule has 0 saturated heterocycles. The molecule has 18 heavy (non-hydrogen) atoms. The molecule has 2 aromatic rings. The van der Waals surface area contributed by atoms with Gasteiger partial charge in [-0.25, -0.2) is 13.8 Å². The molecule has 0 bridgehead atoms. The number of rotatable bonds is 5. The molecule has 0 spiro atoms. The lowest BCUT2D eigenvalue weighted by molar-refractivity contribution is 0.502. The lowest BCUT2D eigenvalue weighted by Crippen LogP contribution is -2.13. The predicted octanol–water partition coefficient (Wildman–Crippen LogP) is 3.12. The van der Waals surface area contributed by atoms with E-state index in [4.69, 9.17) is 4.42 Å². The normalized spacial score (nSPS) is 10.8. The van der Waals surface area contributed by atoms with E-state index in [0.717, 1.165) is 19.0 Å². The minimum Gasteiger partial charge on any atom is -0.444 e. The van der Waals surface area contributed by atoms with Gasteiger partial charge in [-0.15, -0.1) is 0 Å². The van der Waals surface area contributed by atoms with E-state index in [1.165, 1.54) is 18.4 Å². The zero-order valence-electron chi connectivity index (χ0n) is 10.0. The van der Waals surface area contributed by atoms with E-state index in [9.17, 15) is 8.78 Å². The Morgan fingerprint density at radius 1 is 1.33 bits per heavy atom. The first-order valence-corrected chi connectivity index (χ1v) is 5.82. The summed E-state index contributed by atoms with van der Waals surface area (Å²) in [6.45, 7) is 3.48. The van der Waals surface area contributed by atoms with E-state index < -0.39 is 11.6 Å². The fraction of sp³-hybridized carbons (Fsp3) is 0.308. The average Bonchev–Trinajstić information content (AvgIpc) is 2.82. The lowest BCUT2D eigenvalue weighted by Gasteiger charge is -1.99. The molecule has 0 aliphatic heterocycles. The van der Waals surface area contributed by atoms with Gasteiger partial charge in [-0.3, -0.25) is 0 Å². The van der Waals surface area contributed by atoms with Crippen molar-refractivity contribution in [1.82, 2.24) is 10.3 Å². The van der Waals surface area contributed by atoms with Crippen molar-refractivity contribution in [3.05, 3.63) is 41.8 Å². The minimum atomic E-state index is -0.938. The van der Waals surface area contributed by atoms with Gasteiger partial charge in [0, 0.05) is 6.54 Å². The van der Waals surface area contributed by atoms with Crippen molar-refractivity contribution >= 4 is 0 Å². The zero-order chi connectivity index (χ0) is 13.0. The van der Waals surface area contributed by atoms with Crippen LogP contribution in [0, 0.1) is 11.6 Å². The van der Waals surface area contributed by atoms with Crippen molar-refractivity contribution < 1.29 is 13.2 Å². The van der Waals surface area contributed by atoms with Crippen molar-refractivity contribution in [2.75, 3.05) is 6.54 Å². The van der Waals surface area contributed by atoms with E-state index in [1.54, 1.807) is 0 Å². The second-order valence-electron chi connectivity index (χ2n) is 3.92. The molecule has 1 aromatic carbocycles. The summed E-state index contributed by atoms with van der Waals surface area (Å²) >= 11 is 0. The molecule has 1 aromatic heterocycles. The van der Waals surface area contributed by atoms with Crippen molar-refractivity contribution in [3.63, 3.8) is 0 Å². The van der Waals surface area contributed by atoms with Gasteiger partial charge < -0.3 is 9.73 Å². The quantitative estimate of drug-likeness (QED) is 0.831.